The summed E-state index contributed by atoms with van der Waals surface area (Å²) in [5.74, 6) is -1.98. The normalized spacial score (nSPS) is 15.1. The van der Waals surface area contributed by atoms with Gasteiger partial charge in [-0.3, -0.25) is 39.4 Å². The molecule has 3 saturated heterocycles. The van der Waals surface area contributed by atoms with E-state index in [0.29, 0.717) is 104 Å². The number of hydrogen-bond acceptors (Lipinski definition) is 19. The van der Waals surface area contributed by atoms with Crippen LogP contribution < -0.4 is 66.1 Å². The number of ether oxygens (including phenoxy) is 4. The number of urea groups is 3. The molecular weight excluding hydrogens is 2130 g/mol. The van der Waals surface area contributed by atoms with E-state index in [-0.39, 0.29) is 108 Å². The number of Topliss-reactive ketones (excluding diaryl/α,β-unsaturated/α-hetero) is 3. The van der Waals surface area contributed by atoms with E-state index in [1.165, 1.54) is 48.5 Å². The van der Waals surface area contributed by atoms with Gasteiger partial charge in [0.2, 0.25) is 0 Å². The number of hydrogen-bond donors (Lipinski definition) is 6. The molecule has 0 aromatic heterocycles. The van der Waals surface area contributed by atoms with Gasteiger partial charge in [-0.2, -0.15) is 36.9 Å². The first-order valence-corrected chi connectivity index (χ1v) is 41.2. The number of alkyl halides is 8. The van der Waals surface area contributed by atoms with Gasteiger partial charge in [0.15, 0.2) is 34.0 Å². The number of nitrogens with one attached hydrogen (secondary N) is 5. The minimum atomic E-state index is -4.85. The number of ketones is 3. The molecule has 6 N–H and O–H groups in total. The molecule has 8 aromatic rings. The Labute approximate surface area is 833 Å². The summed E-state index contributed by atoms with van der Waals surface area (Å²) in [7, 11) is 0. The van der Waals surface area contributed by atoms with Crippen LogP contribution in [-0.2, 0) is 104 Å². The number of nitrogens with zero attached hydrogens (tertiary/aromatic N) is 3. The third-order valence-corrected chi connectivity index (χ3v) is 19.1. The number of imide groups is 3. The number of nitriles is 2. The van der Waals surface area contributed by atoms with Crippen LogP contribution in [0.25, 0.3) is 0 Å². The fourth-order valence-corrected chi connectivity index (χ4v) is 11.7. The standard InChI is InChI=1S/C21H15ClF3N3O3.2C13H13ClN2O3.C11H11ClO2.C8H6BrClO.C8H3BrF3N.C8H7ClO2.C3H5Br.CH2O2.2Cu.Na.O/c1-2-9-31-12-20(14-4-6-15(22)7-5-14)18(29)28(19(30)27-20)16-8-3-13(11-26)17(10-16)21(23,24)25;2*1-2-7-19-8-13(11(17)15-12(18)16-13)9-3-5-10(14)6-4-9;1-2-7-14-8-11(13)9-3-5-10(12)6-4-9;9-5-8(11)6-1-3-7(10)4-2-6;9-6-2-1-5(4-13)7(3-6)8(10,11)12;9-7-3-1-6(2-4-7)8(11)5-10;1-2-3-4;2-1-3;;;;/h2-8,10H,1,9,12H2,(H,27,30);2*2-6H,1,7-8H2,(H2,15,16,17,18);2-6H,1,7-8H2;1-4H,5H2;1-3H;1-4,10H,5H2;2H,1,3H2;1H,(H,2,3);;;;/q;;;;;;;;;;;+1;/p-1. The SMILES string of the molecule is C=CCBr.C=CCOCC(=O)c1ccc(Cl)cc1.C=CCOCC1(c2ccc(Cl)cc2)NC(=O)N(c2ccc(C#N)c(C(F)(F)F)c2)C1=O.C=CCOCC1(c2ccc(Cl)cc2)NC(=O)NC1=O.C=CCOCC1(c2ccc(Cl)cc2)NC(=O)NC1=O.N#Cc1ccc(Br)cc1C(F)(F)F.O=C(CBr)c1ccc(Cl)cc1.O=C(CO)c1ccc(Cl)cc1.O=C[O-].[Cu].[Na+].[O]=[Cu]. The number of allylic oxidation sites excluding steroid dienone is 1. The summed E-state index contributed by atoms with van der Waals surface area (Å²) in [5.41, 5.74) is -4.25. The van der Waals surface area contributed by atoms with E-state index in [2.05, 4.69) is 123 Å². The van der Waals surface area contributed by atoms with Gasteiger partial charge in [0.05, 0.1) is 91.7 Å². The molecule has 3 atom stereocenters. The zero-order chi connectivity index (χ0) is 95.7. The van der Waals surface area contributed by atoms with Crippen molar-refractivity contribution in [3.05, 3.63) is 336 Å². The zero-order valence-corrected chi connectivity index (χ0v) is 80.4. The molecule has 0 saturated carbocycles. The Morgan fingerprint density at radius 3 is 1.09 bits per heavy atom. The van der Waals surface area contributed by atoms with Gasteiger partial charge in [-0.15, -0.1) is 32.9 Å². The van der Waals surface area contributed by atoms with Gasteiger partial charge in [0.25, 0.3) is 17.7 Å². The van der Waals surface area contributed by atoms with Crippen LogP contribution in [0.15, 0.2) is 250 Å². The third kappa shape index (κ3) is 39.2. The average molecular weight is 2210 g/mol. The van der Waals surface area contributed by atoms with Crippen LogP contribution in [-0.4, -0.2) is 135 Å². The predicted octanol–water partition coefficient (Wildman–Crippen LogP) is 14.9. The fourth-order valence-electron chi connectivity index (χ4n) is 10.3. The molecule has 0 aliphatic carbocycles. The molecule has 3 unspecified atom stereocenters. The molecule has 3 aliphatic heterocycles. The molecule has 3 aliphatic rings. The van der Waals surface area contributed by atoms with Crippen LogP contribution in [0, 0.1) is 22.7 Å². The minimum absolute atomic E-state index is 0. The van der Waals surface area contributed by atoms with Gasteiger partial charge in [-0.1, -0.05) is 184 Å². The molecule has 1 radical (unpaired) electrons. The molecule has 0 bridgehead atoms. The Balaban J connectivity index is 0.00000150. The average Bonchev–Trinajstić information content (AvgIpc) is 1.59. The molecule has 3 heterocycles. The number of benzene rings is 8. The van der Waals surface area contributed by atoms with Crippen molar-refractivity contribution in [3.63, 3.8) is 0 Å². The Morgan fingerprint density at radius 1 is 0.488 bits per heavy atom. The number of aliphatic hydroxyl groups excluding tert-OH is 1. The van der Waals surface area contributed by atoms with Crippen molar-refractivity contribution in [2.75, 3.05) is 75.0 Å². The fraction of sp³-hybridized carbons (Fsp3) is 0.186. The van der Waals surface area contributed by atoms with Crippen LogP contribution in [0.1, 0.15) is 70.0 Å². The van der Waals surface area contributed by atoms with Crippen molar-refractivity contribution < 1.29 is 170 Å². The topological polar surface area (TPSA) is 379 Å². The third-order valence-electron chi connectivity index (χ3n) is 16.1. The molecule has 129 heavy (non-hydrogen) atoms. The van der Waals surface area contributed by atoms with E-state index in [1.54, 1.807) is 146 Å². The summed E-state index contributed by atoms with van der Waals surface area (Å²) in [6.45, 7) is 17.4. The van der Waals surface area contributed by atoms with Gasteiger partial charge in [0.1, 0.15) is 13.2 Å². The van der Waals surface area contributed by atoms with Crippen molar-refractivity contribution in [1.29, 1.82) is 10.5 Å². The van der Waals surface area contributed by atoms with Gasteiger partial charge < -0.3 is 49.9 Å². The maximum atomic E-state index is 13.4. The van der Waals surface area contributed by atoms with Crippen LogP contribution in [0.3, 0.4) is 0 Å². The Bertz CT molecular complexity index is 5030. The summed E-state index contributed by atoms with van der Waals surface area (Å²) < 4.78 is 106. The Morgan fingerprint density at radius 2 is 0.791 bits per heavy atom. The van der Waals surface area contributed by atoms with E-state index >= 15 is 0 Å². The van der Waals surface area contributed by atoms with Crippen molar-refractivity contribution in [3.8, 4) is 12.1 Å². The molecule has 688 valence electrons. The van der Waals surface area contributed by atoms with E-state index in [4.69, 9.17) is 118 Å². The summed E-state index contributed by atoms with van der Waals surface area (Å²) in [6, 6.07) is 46.4. The number of carboxylic acid groups (broad SMARTS) is 1. The van der Waals surface area contributed by atoms with E-state index in [9.17, 15) is 69.5 Å². The first-order valence-electron chi connectivity index (χ1n) is 35.5. The second-order valence-corrected chi connectivity index (χ2v) is 29.3. The van der Waals surface area contributed by atoms with Crippen LogP contribution in [0.2, 0.25) is 30.1 Å². The Hall–Kier alpha value is -8.86. The molecule has 25 nitrogen and oxygen atoms in total. The van der Waals surface area contributed by atoms with Crippen LogP contribution in [0.5, 0.6) is 0 Å². The van der Waals surface area contributed by atoms with E-state index in [0.717, 1.165) is 29.6 Å². The summed E-state index contributed by atoms with van der Waals surface area (Å²) >= 11 is 46.5. The van der Waals surface area contributed by atoms with Crippen molar-refractivity contribution in [2.45, 2.75) is 29.0 Å². The van der Waals surface area contributed by atoms with E-state index in [1.807, 2.05) is 0 Å². The van der Waals surface area contributed by atoms with Crippen molar-refractivity contribution in [2.24, 2.45) is 0 Å². The molecular formula is C86H74Br3Cl6Cu2F6N8NaO17. The monoisotopic (exact) mass is 2200 g/mol. The summed E-state index contributed by atoms with van der Waals surface area (Å²) in [6.07, 6.45) is -1.33. The van der Waals surface area contributed by atoms with Crippen molar-refractivity contribution in [1.82, 2.24) is 26.6 Å². The number of rotatable bonds is 26. The second kappa shape index (κ2) is 62.5. The van der Waals surface area contributed by atoms with Crippen LogP contribution >= 0.6 is 117 Å². The predicted molar refractivity (Wildman–Crippen MR) is 472 cm³/mol. The van der Waals surface area contributed by atoms with Gasteiger partial charge in [-0.25, -0.2) is 19.3 Å². The van der Waals surface area contributed by atoms with Gasteiger partial charge in [-0.05, 0) is 162 Å². The number of aliphatic hydroxyl groups is 1. The molecule has 8 aromatic carbocycles. The maximum absolute atomic E-state index is 13.4. The molecule has 43 heteroatoms. The number of carbonyl (C=O) groups is 10. The molecule has 0 spiro atoms. The molecule has 9 amide bonds. The summed E-state index contributed by atoms with van der Waals surface area (Å²) in [5, 5.41) is 50.9. The zero-order valence-electron chi connectivity index (χ0n) is 67.2. The second-order valence-electron chi connectivity index (χ2n) is 24.6. The number of halogens is 15. The van der Waals surface area contributed by atoms with Gasteiger partial charge >= 0.3 is 79.8 Å². The molecule has 3 fully saturated rings. The summed E-state index contributed by atoms with van der Waals surface area (Å²) in [4.78, 5) is 115. The van der Waals surface area contributed by atoms with Gasteiger partial charge in [0, 0.05) is 80.2 Å². The van der Waals surface area contributed by atoms with E-state index < -0.39 is 94.6 Å². The Kier molecular flexibility index (Phi) is 58.2. The van der Waals surface area contributed by atoms with Crippen LogP contribution in [0.4, 0.5) is 46.4 Å². The number of carbonyl (C=O) groups excluding carboxylic acids is 10. The quantitative estimate of drug-likeness (QED) is 0.00428. The van der Waals surface area contributed by atoms with Crippen molar-refractivity contribution >= 4 is 183 Å². The number of amides is 9. The number of anilines is 1. The first kappa shape index (κ1) is 120. The molecule has 11 rings (SSSR count). The first-order chi connectivity index (χ1) is 60.3.